The van der Waals surface area contributed by atoms with Gasteiger partial charge in [-0.1, -0.05) is 36.3 Å². The van der Waals surface area contributed by atoms with Crippen molar-refractivity contribution >= 4 is 11.9 Å². The first-order valence-corrected chi connectivity index (χ1v) is 12.7. The molecule has 1 atom stereocenters. The summed E-state index contributed by atoms with van der Waals surface area (Å²) in [5, 5.41) is 5.30. The van der Waals surface area contributed by atoms with E-state index < -0.39 is 42.3 Å². The highest BCUT2D eigenvalue weighted by atomic mass is 19.3. The fourth-order valence-corrected chi connectivity index (χ4v) is 5.16. The summed E-state index contributed by atoms with van der Waals surface area (Å²) in [7, 11) is 1.69. The summed E-state index contributed by atoms with van der Waals surface area (Å²) >= 11 is 0. The molecular formula is C27H36F2N4O3. The van der Waals surface area contributed by atoms with E-state index in [2.05, 4.69) is 21.5 Å². The number of carbonyl (C=O) groups is 2. The third kappa shape index (κ3) is 6.54. The largest absolute Gasteiger partial charge is 0.383 e. The SMILES string of the molecule is C#CC1(NC(=O)[C@H](CC(F)(F)Cc2ccccc2)NC(=O)N2CC3(CCN(CCOC)CC3)C2)CC1. The van der Waals surface area contributed by atoms with Gasteiger partial charge in [-0.25, -0.2) is 13.6 Å². The molecule has 3 fully saturated rings. The molecule has 196 valence electrons. The molecule has 3 aliphatic rings. The van der Waals surface area contributed by atoms with Crippen LogP contribution < -0.4 is 10.6 Å². The molecule has 1 aliphatic carbocycles. The molecule has 36 heavy (non-hydrogen) atoms. The smallest absolute Gasteiger partial charge is 0.318 e. The second-order valence-corrected chi connectivity index (χ2v) is 10.6. The van der Waals surface area contributed by atoms with Crippen molar-refractivity contribution in [3.63, 3.8) is 0 Å². The van der Waals surface area contributed by atoms with Gasteiger partial charge in [0.05, 0.1) is 6.61 Å². The highest BCUT2D eigenvalue weighted by molar-refractivity contribution is 5.88. The van der Waals surface area contributed by atoms with Crippen molar-refractivity contribution in [2.75, 3.05) is 46.4 Å². The number of hydrogen-bond donors (Lipinski definition) is 2. The number of terminal acetylenes is 1. The number of amides is 3. The van der Waals surface area contributed by atoms with Gasteiger partial charge in [-0.05, 0) is 44.3 Å². The van der Waals surface area contributed by atoms with E-state index >= 15 is 8.78 Å². The number of piperidine rings is 1. The number of ether oxygens (including phenoxy) is 1. The molecule has 1 aromatic rings. The minimum Gasteiger partial charge on any atom is -0.383 e. The van der Waals surface area contributed by atoms with Crippen LogP contribution in [0.3, 0.4) is 0 Å². The standard InChI is InChI=1S/C27H36F2N4O3/c1-3-26(9-10-26)31-23(34)22(18-27(28,29)17-21-7-5-4-6-8-21)30-24(35)33-19-25(20-33)11-13-32(14-12-25)15-16-36-2/h1,4-8,22H,9-20H2,2H3,(H,30,35)(H,31,34)/t22-/m0/s1. The van der Waals surface area contributed by atoms with Crippen LogP contribution in [0.5, 0.6) is 0 Å². The molecule has 7 nitrogen and oxygen atoms in total. The van der Waals surface area contributed by atoms with Gasteiger partial charge in [0.1, 0.15) is 11.6 Å². The monoisotopic (exact) mass is 502 g/mol. The quantitative estimate of drug-likeness (QED) is 0.483. The molecule has 0 bridgehead atoms. The lowest BCUT2D eigenvalue weighted by atomic mass is 9.72. The molecule has 0 radical (unpaired) electrons. The van der Waals surface area contributed by atoms with Crippen molar-refractivity contribution in [1.82, 2.24) is 20.4 Å². The Bertz CT molecular complexity index is 961. The number of carbonyl (C=O) groups excluding carboxylic acids is 2. The van der Waals surface area contributed by atoms with E-state index in [1.165, 1.54) is 0 Å². The van der Waals surface area contributed by atoms with Crippen LogP contribution in [0.2, 0.25) is 0 Å². The normalized spacial score (nSPS) is 21.2. The van der Waals surface area contributed by atoms with Crippen molar-refractivity contribution in [1.29, 1.82) is 0 Å². The zero-order valence-corrected chi connectivity index (χ0v) is 20.9. The lowest BCUT2D eigenvalue weighted by Gasteiger charge is -2.54. The third-order valence-electron chi connectivity index (χ3n) is 7.68. The van der Waals surface area contributed by atoms with Crippen LogP contribution in [0, 0.1) is 17.8 Å². The number of benzene rings is 1. The minimum absolute atomic E-state index is 0.0669. The van der Waals surface area contributed by atoms with E-state index in [4.69, 9.17) is 11.2 Å². The number of methoxy groups -OCH3 is 1. The summed E-state index contributed by atoms with van der Waals surface area (Å²) in [5.41, 5.74) is -0.249. The van der Waals surface area contributed by atoms with Crippen molar-refractivity contribution < 1.29 is 23.1 Å². The molecule has 0 aromatic heterocycles. The van der Waals surface area contributed by atoms with E-state index in [0.717, 1.165) is 32.5 Å². The second-order valence-electron chi connectivity index (χ2n) is 10.6. The average molecular weight is 503 g/mol. The van der Waals surface area contributed by atoms with Crippen LogP contribution in [0.15, 0.2) is 30.3 Å². The fourth-order valence-electron chi connectivity index (χ4n) is 5.16. The van der Waals surface area contributed by atoms with Crippen LogP contribution in [0.25, 0.3) is 0 Å². The fraction of sp³-hybridized carbons (Fsp3) is 0.630. The summed E-state index contributed by atoms with van der Waals surface area (Å²) in [4.78, 5) is 29.9. The van der Waals surface area contributed by atoms with E-state index in [1.807, 2.05) is 0 Å². The van der Waals surface area contributed by atoms with Crippen molar-refractivity contribution in [3.8, 4) is 12.3 Å². The summed E-state index contributed by atoms with van der Waals surface area (Å²) in [6, 6.07) is 6.54. The molecule has 2 aliphatic heterocycles. The molecule has 2 heterocycles. The molecular weight excluding hydrogens is 466 g/mol. The Hall–Kier alpha value is -2.70. The van der Waals surface area contributed by atoms with Gasteiger partial charge in [0.25, 0.3) is 5.92 Å². The van der Waals surface area contributed by atoms with Crippen LogP contribution in [0.1, 0.15) is 37.7 Å². The van der Waals surface area contributed by atoms with Crippen LogP contribution in [-0.2, 0) is 16.0 Å². The molecule has 2 saturated heterocycles. The maximum absolute atomic E-state index is 15.0. The Kier molecular flexibility index (Phi) is 7.86. The summed E-state index contributed by atoms with van der Waals surface area (Å²) < 4.78 is 35.2. The number of urea groups is 1. The van der Waals surface area contributed by atoms with Gasteiger partial charge in [-0.3, -0.25) is 4.79 Å². The van der Waals surface area contributed by atoms with E-state index in [1.54, 1.807) is 42.3 Å². The Morgan fingerprint density at radius 1 is 1.17 bits per heavy atom. The Morgan fingerprint density at radius 3 is 2.42 bits per heavy atom. The number of likely N-dealkylation sites (tertiary alicyclic amines) is 2. The van der Waals surface area contributed by atoms with E-state index in [0.29, 0.717) is 38.1 Å². The Balaban J connectivity index is 1.35. The number of nitrogens with one attached hydrogen (secondary N) is 2. The molecule has 1 saturated carbocycles. The maximum atomic E-state index is 15.0. The highest BCUT2D eigenvalue weighted by Crippen LogP contribution is 2.40. The predicted octanol–water partition coefficient (Wildman–Crippen LogP) is 2.66. The average Bonchev–Trinajstić information content (AvgIpc) is 3.61. The lowest BCUT2D eigenvalue weighted by Crippen LogP contribution is -2.65. The summed E-state index contributed by atoms with van der Waals surface area (Å²) in [6.45, 7) is 4.62. The van der Waals surface area contributed by atoms with Crippen molar-refractivity contribution in [3.05, 3.63) is 35.9 Å². The van der Waals surface area contributed by atoms with Gasteiger partial charge in [-0.2, -0.15) is 0 Å². The minimum atomic E-state index is -3.19. The second kappa shape index (κ2) is 10.7. The topological polar surface area (TPSA) is 73.9 Å². The Labute approximate surface area is 211 Å². The van der Waals surface area contributed by atoms with Gasteiger partial charge in [-0.15, -0.1) is 6.42 Å². The molecule has 9 heteroatoms. The first-order valence-electron chi connectivity index (χ1n) is 12.7. The summed E-state index contributed by atoms with van der Waals surface area (Å²) in [5.74, 6) is -1.30. The van der Waals surface area contributed by atoms with Gasteiger partial charge in [0, 0.05) is 45.0 Å². The van der Waals surface area contributed by atoms with Gasteiger partial charge in [0.15, 0.2) is 0 Å². The number of halogens is 2. The molecule has 3 amide bonds. The van der Waals surface area contributed by atoms with Crippen LogP contribution in [-0.4, -0.2) is 85.7 Å². The van der Waals surface area contributed by atoms with Crippen molar-refractivity contribution in [2.45, 2.75) is 56.0 Å². The first-order chi connectivity index (χ1) is 17.2. The first kappa shape index (κ1) is 26.4. The van der Waals surface area contributed by atoms with Gasteiger partial charge >= 0.3 is 6.03 Å². The maximum Gasteiger partial charge on any atom is 0.318 e. The zero-order chi connectivity index (χ0) is 25.8. The number of hydrogen-bond acceptors (Lipinski definition) is 4. The summed E-state index contributed by atoms with van der Waals surface area (Å²) in [6.07, 6.45) is 7.37. The lowest BCUT2D eigenvalue weighted by molar-refractivity contribution is -0.126. The molecule has 1 spiro atoms. The van der Waals surface area contributed by atoms with E-state index in [-0.39, 0.29) is 5.41 Å². The van der Waals surface area contributed by atoms with Gasteiger partial charge in [0.2, 0.25) is 5.91 Å². The number of nitrogens with zero attached hydrogens (tertiary/aromatic N) is 2. The number of alkyl halides is 2. The number of rotatable bonds is 10. The van der Waals surface area contributed by atoms with E-state index in [9.17, 15) is 9.59 Å². The zero-order valence-electron chi connectivity index (χ0n) is 20.9. The highest BCUT2D eigenvalue weighted by Gasteiger charge is 2.49. The predicted molar refractivity (Wildman–Crippen MR) is 133 cm³/mol. The molecule has 4 rings (SSSR count). The van der Waals surface area contributed by atoms with Crippen LogP contribution in [0.4, 0.5) is 13.6 Å². The van der Waals surface area contributed by atoms with Crippen molar-refractivity contribution in [2.24, 2.45) is 5.41 Å². The third-order valence-corrected chi connectivity index (χ3v) is 7.68. The molecule has 1 aromatic carbocycles. The van der Waals surface area contributed by atoms with Gasteiger partial charge < -0.3 is 25.2 Å². The van der Waals surface area contributed by atoms with Crippen LogP contribution >= 0.6 is 0 Å². The Morgan fingerprint density at radius 2 is 1.83 bits per heavy atom. The molecule has 2 N–H and O–H groups in total. The molecule has 0 unspecified atom stereocenters.